The van der Waals surface area contributed by atoms with Crippen LogP contribution in [0, 0.1) is 0 Å². The third-order valence-corrected chi connectivity index (χ3v) is 4.75. The van der Waals surface area contributed by atoms with Crippen molar-refractivity contribution in [2.45, 2.75) is 13.8 Å². The van der Waals surface area contributed by atoms with Gasteiger partial charge in [-0.25, -0.2) is 4.98 Å². The summed E-state index contributed by atoms with van der Waals surface area (Å²) in [4.78, 5) is 19.2. The maximum absolute atomic E-state index is 12.6. The number of hydrogen-bond acceptors (Lipinski definition) is 3. The van der Waals surface area contributed by atoms with Crippen LogP contribution in [-0.4, -0.2) is 24.4 Å². The third kappa shape index (κ3) is 3.22. The Kier molecular flexibility index (Phi) is 4.98. The molecule has 0 amide bonds. The van der Waals surface area contributed by atoms with Crippen molar-refractivity contribution < 1.29 is 4.79 Å². The van der Waals surface area contributed by atoms with Crippen molar-refractivity contribution in [1.82, 2.24) is 4.98 Å². The Bertz CT molecular complexity index is 955. The molecule has 0 fully saturated rings. The molecule has 3 rings (SSSR count). The summed E-state index contributed by atoms with van der Waals surface area (Å²) in [5, 5.41) is 1.77. The van der Waals surface area contributed by atoms with Crippen molar-refractivity contribution in [2.75, 3.05) is 18.5 Å². The van der Waals surface area contributed by atoms with E-state index in [9.17, 15) is 4.79 Å². The van der Waals surface area contributed by atoms with Crippen molar-refractivity contribution in [1.29, 1.82) is 0 Å². The normalized spacial score (nSPS) is 10.9. The van der Waals surface area contributed by atoms with Gasteiger partial charge in [-0.3, -0.25) is 4.79 Å². The minimum Gasteiger partial charge on any atom is -0.359 e. The summed E-state index contributed by atoms with van der Waals surface area (Å²) >= 11 is 12.7. The van der Waals surface area contributed by atoms with E-state index in [-0.39, 0.29) is 5.78 Å². The van der Waals surface area contributed by atoms with Crippen LogP contribution in [0.25, 0.3) is 22.0 Å². The molecule has 0 spiro atoms. The first kappa shape index (κ1) is 17.7. The van der Waals surface area contributed by atoms with Gasteiger partial charge in [0, 0.05) is 29.6 Å². The second-order valence-corrected chi connectivity index (χ2v) is 6.75. The molecule has 3 nitrogen and oxygen atoms in total. The Morgan fingerprint density at radius 1 is 1.16 bits per heavy atom. The number of fused-ring (bicyclic) bond motifs is 1. The Hall–Kier alpha value is -2.10. The summed E-state index contributed by atoms with van der Waals surface area (Å²) < 4.78 is 0. The zero-order chi connectivity index (χ0) is 18.1. The molecule has 128 valence electrons. The van der Waals surface area contributed by atoms with Crippen molar-refractivity contribution in [3.63, 3.8) is 0 Å². The van der Waals surface area contributed by atoms with Gasteiger partial charge in [0.2, 0.25) is 0 Å². The minimum absolute atomic E-state index is 0.0420. The molecule has 0 bridgehead atoms. The Balaban J connectivity index is 2.55. The Labute approximate surface area is 157 Å². The smallest absolute Gasteiger partial charge is 0.164 e. The molecule has 1 aromatic heterocycles. The van der Waals surface area contributed by atoms with Gasteiger partial charge in [-0.15, -0.1) is 0 Å². The van der Waals surface area contributed by atoms with Crippen molar-refractivity contribution in [3.05, 3.63) is 58.1 Å². The molecule has 25 heavy (non-hydrogen) atoms. The molecule has 3 aromatic rings. The van der Waals surface area contributed by atoms with Crippen molar-refractivity contribution in [2.24, 2.45) is 0 Å². The summed E-state index contributed by atoms with van der Waals surface area (Å²) in [6.07, 6.45) is 0. The average molecular weight is 373 g/mol. The van der Waals surface area contributed by atoms with E-state index in [0.717, 1.165) is 23.1 Å². The number of aromatic nitrogens is 1. The maximum atomic E-state index is 12.6. The number of rotatable bonds is 4. The second kappa shape index (κ2) is 7.03. The van der Waals surface area contributed by atoms with Gasteiger partial charge >= 0.3 is 0 Å². The van der Waals surface area contributed by atoms with Crippen LogP contribution in [0.1, 0.15) is 24.2 Å². The van der Waals surface area contributed by atoms with E-state index in [1.165, 1.54) is 0 Å². The zero-order valence-electron chi connectivity index (χ0n) is 14.3. The standard InChI is InChI=1S/C20H18Cl2N2O/c1-4-24(3)20-17(12(2)25)18(13-8-6-5-7-9-13)15-10-14(21)11-16(22)19(15)23-20/h5-11H,4H2,1-3H3. The maximum Gasteiger partial charge on any atom is 0.164 e. The van der Waals surface area contributed by atoms with Crippen LogP contribution in [-0.2, 0) is 0 Å². The number of pyridine rings is 1. The van der Waals surface area contributed by atoms with Gasteiger partial charge < -0.3 is 4.90 Å². The van der Waals surface area contributed by atoms with Crippen LogP contribution < -0.4 is 4.90 Å². The van der Waals surface area contributed by atoms with Gasteiger partial charge in [-0.2, -0.15) is 0 Å². The molecule has 1 heterocycles. The number of carbonyl (C=O) groups is 1. The van der Waals surface area contributed by atoms with Crippen LogP contribution >= 0.6 is 23.2 Å². The van der Waals surface area contributed by atoms with Gasteiger partial charge in [0.1, 0.15) is 5.82 Å². The molecule has 0 unspecified atom stereocenters. The molecule has 0 aliphatic carbocycles. The number of carbonyl (C=O) groups excluding carboxylic acids is 1. The van der Waals surface area contributed by atoms with Crippen LogP contribution in [0.2, 0.25) is 10.0 Å². The quantitative estimate of drug-likeness (QED) is 0.537. The molecular formula is C20H18Cl2N2O. The van der Waals surface area contributed by atoms with Gasteiger partial charge in [0.15, 0.2) is 5.78 Å². The fourth-order valence-electron chi connectivity index (χ4n) is 2.94. The zero-order valence-corrected chi connectivity index (χ0v) is 15.8. The average Bonchev–Trinajstić information content (AvgIpc) is 2.60. The fraction of sp³-hybridized carbons (Fsp3) is 0.200. The van der Waals surface area contributed by atoms with Crippen molar-refractivity contribution >= 4 is 45.7 Å². The van der Waals surface area contributed by atoms with Crippen LogP contribution in [0.4, 0.5) is 5.82 Å². The number of ketones is 1. The molecule has 2 aromatic carbocycles. The van der Waals surface area contributed by atoms with Gasteiger partial charge in [-0.1, -0.05) is 53.5 Å². The topological polar surface area (TPSA) is 33.2 Å². The second-order valence-electron chi connectivity index (χ2n) is 5.91. The van der Waals surface area contributed by atoms with Crippen LogP contribution in [0.3, 0.4) is 0 Å². The minimum atomic E-state index is -0.0420. The van der Waals surface area contributed by atoms with Gasteiger partial charge in [-0.05, 0) is 31.5 Å². The van der Waals surface area contributed by atoms with E-state index in [0.29, 0.717) is 26.9 Å². The van der Waals surface area contributed by atoms with E-state index in [2.05, 4.69) is 0 Å². The van der Waals surface area contributed by atoms with E-state index in [4.69, 9.17) is 28.2 Å². The van der Waals surface area contributed by atoms with E-state index in [1.54, 1.807) is 13.0 Å². The lowest BCUT2D eigenvalue weighted by atomic mass is 9.93. The van der Waals surface area contributed by atoms with Crippen LogP contribution in [0.15, 0.2) is 42.5 Å². The third-order valence-electron chi connectivity index (χ3n) is 4.24. The Morgan fingerprint density at radius 2 is 1.84 bits per heavy atom. The summed E-state index contributed by atoms with van der Waals surface area (Å²) in [5.74, 6) is 0.588. The largest absolute Gasteiger partial charge is 0.359 e. The molecule has 0 saturated carbocycles. The highest BCUT2D eigenvalue weighted by Crippen LogP contribution is 2.40. The highest BCUT2D eigenvalue weighted by Gasteiger charge is 2.23. The predicted molar refractivity (Wildman–Crippen MR) is 106 cm³/mol. The lowest BCUT2D eigenvalue weighted by Gasteiger charge is -2.23. The number of halogens is 2. The van der Waals surface area contributed by atoms with Crippen molar-refractivity contribution in [3.8, 4) is 11.1 Å². The monoisotopic (exact) mass is 372 g/mol. The summed E-state index contributed by atoms with van der Waals surface area (Å²) in [5.41, 5.74) is 2.98. The number of benzene rings is 2. The molecule has 0 aliphatic heterocycles. The van der Waals surface area contributed by atoms with E-state index >= 15 is 0 Å². The highest BCUT2D eigenvalue weighted by atomic mass is 35.5. The molecule has 0 N–H and O–H groups in total. The summed E-state index contributed by atoms with van der Waals surface area (Å²) in [6.45, 7) is 4.30. The predicted octanol–water partition coefficient (Wildman–Crippen LogP) is 5.87. The molecular weight excluding hydrogens is 355 g/mol. The highest BCUT2D eigenvalue weighted by molar-refractivity contribution is 6.39. The van der Waals surface area contributed by atoms with Gasteiger partial charge in [0.25, 0.3) is 0 Å². The lowest BCUT2D eigenvalue weighted by molar-refractivity contribution is 0.101. The number of Topliss-reactive ketones (excluding diaryl/α,β-unsaturated/α-hetero) is 1. The molecule has 0 radical (unpaired) electrons. The summed E-state index contributed by atoms with van der Waals surface area (Å²) in [7, 11) is 1.92. The SMILES string of the molecule is CCN(C)c1nc2c(Cl)cc(Cl)cc2c(-c2ccccc2)c1C(C)=O. The molecule has 5 heteroatoms. The fourth-order valence-corrected chi connectivity index (χ4v) is 3.48. The molecule has 0 aliphatic rings. The number of hydrogen-bond donors (Lipinski definition) is 0. The lowest BCUT2D eigenvalue weighted by Crippen LogP contribution is -2.21. The Morgan fingerprint density at radius 3 is 2.44 bits per heavy atom. The molecule has 0 atom stereocenters. The van der Waals surface area contributed by atoms with Gasteiger partial charge in [0.05, 0.1) is 16.1 Å². The van der Waals surface area contributed by atoms with E-state index < -0.39 is 0 Å². The number of anilines is 1. The van der Waals surface area contributed by atoms with Crippen LogP contribution in [0.5, 0.6) is 0 Å². The first-order valence-electron chi connectivity index (χ1n) is 8.04. The van der Waals surface area contributed by atoms with E-state index in [1.807, 2.05) is 55.3 Å². The first-order chi connectivity index (χ1) is 11.9. The molecule has 0 saturated heterocycles. The first-order valence-corrected chi connectivity index (χ1v) is 8.79. The summed E-state index contributed by atoms with van der Waals surface area (Å²) in [6, 6.07) is 13.3. The number of nitrogens with zero attached hydrogens (tertiary/aromatic N) is 2.